The molecule has 10 nitrogen and oxygen atoms in total. The SMILES string of the molecule is CC(OC(=O)CSc1cnc2ccccc2n1)C(=O)Nc1nc(-c2cccc([N+](=O)[O-])c2)cs1. The van der Waals surface area contributed by atoms with E-state index in [2.05, 4.69) is 20.3 Å². The summed E-state index contributed by atoms with van der Waals surface area (Å²) >= 11 is 2.33. The van der Waals surface area contributed by atoms with E-state index in [4.69, 9.17) is 4.74 Å². The van der Waals surface area contributed by atoms with Crippen molar-refractivity contribution in [2.24, 2.45) is 0 Å². The third-order valence-corrected chi connectivity index (χ3v) is 6.16. The lowest BCUT2D eigenvalue weighted by atomic mass is 10.1. The van der Waals surface area contributed by atoms with Crippen LogP contribution in [0.25, 0.3) is 22.3 Å². The molecule has 1 N–H and O–H groups in total. The molecule has 0 fully saturated rings. The zero-order chi connectivity index (χ0) is 24.1. The molecule has 1 amide bonds. The molecular formula is C22H17N5O5S2. The van der Waals surface area contributed by atoms with Crippen molar-refractivity contribution in [1.82, 2.24) is 15.0 Å². The molecule has 0 saturated carbocycles. The first-order valence-corrected chi connectivity index (χ1v) is 11.8. The van der Waals surface area contributed by atoms with Gasteiger partial charge in [-0.05, 0) is 19.1 Å². The second-order valence-corrected chi connectivity index (χ2v) is 8.81. The van der Waals surface area contributed by atoms with E-state index in [9.17, 15) is 19.7 Å². The van der Waals surface area contributed by atoms with Gasteiger partial charge in [0.2, 0.25) is 0 Å². The Balaban J connectivity index is 1.30. The van der Waals surface area contributed by atoms with Crippen molar-refractivity contribution in [2.45, 2.75) is 18.1 Å². The van der Waals surface area contributed by atoms with Crippen molar-refractivity contribution < 1.29 is 19.2 Å². The third-order valence-electron chi connectivity index (χ3n) is 4.53. The van der Waals surface area contributed by atoms with Crippen LogP contribution >= 0.6 is 23.1 Å². The van der Waals surface area contributed by atoms with Gasteiger partial charge in [0.1, 0.15) is 5.03 Å². The van der Waals surface area contributed by atoms with Crippen molar-refractivity contribution in [1.29, 1.82) is 0 Å². The van der Waals surface area contributed by atoms with Crippen LogP contribution < -0.4 is 5.32 Å². The summed E-state index contributed by atoms with van der Waals surface area (Å²) in [5, 5.41) is 16.1. The minimum atomic E-state index is -1.04. The number of para-hydroxylation sites is 2. The Morgan fingerprint density at radius 2 is 1.97 bits per heavy atom. The molecule has 0 aliphatic rings. The van der Waals surface area contributed by atoms with E-state index in [0.717, 1.165) is 22.4 Å². The van der Waals surface area contributed by atoms with Gasteiger partial charge in [-0.3, -0.25) is 30.0 Å². The number of hydrogen-bond donors (Lipinski definition) is 1. The van der Waals surface area contributed by atoms with Crippen molar-refractivity contribution in [3.63, 3.8) is 0 Å². The van der Waals surface area contributed by atoms with E-state index in [1.54, 1.807) is 23.7 Å². The highest BCUT2D eigenvalue weighted by atomic mass is 32.2. The van der Waals surface area contributed by atoms with Crippen LogP contribution in [0.3, 0.4) is 0 Å². The molecule has 12 heteroatoms. The monoisotopic (exact) mass is 495 g/mol. The normalized spacial score (nSPS) is 11.7. The quantitative estimate of drug-likeness (QED) is 0.164. The Kier molecular flexibility index (Phi) is 7.09. The molecule has 1 unspecified atom stereocenters. The summed E-state index contributed by atoms with van der Waals surface area (Å²) in [6.45, 7) is 1.46. The highest BCUT2D eigenvalue weighted by Gasteiger charge is 2.20. The lowest BCUT2D eigenvalue weighted by Gasteiger charge is -2.12. The number of amides is 1. The molecule has 0 aliphatic heterocycles. The smallest absolute Gasteiger partial charge is 0.317 e. The van der Waals surface area contributed by atoms with Gasteiger partial charge in [0.15, 0.2) is 11.2 Å². The first kappa shape index (κ1) is 23.3. The highest BCUT2D eigenvalue weighted by molar-refractivity contribution is 7.99. The van der Waals surface area contributed by atoms with Crippen molar-refractivity contribution in [3.05, 3.63) is 70.2 Å². The average Bonchev–Trinajstić information content (AvgIpc) is 3.31. The molecule has 34 heavy (non-hydrogen) atoms. The molecule has 0 spiro atoms. The van der Waals surface area contributed by atoms with Crippen LogP contribution in [0.15, 0.2) is 65.1 Å². The van der Waals surface area contributed by atoms with E-state index in [0.29, 0.717) is 16.3 Å². The van der Waals surface area contributed by atoms with Crippen molar-refractivity contribution in [3.8, 4) is 11.3 Å². The standard InChI is InChI=1S/C22H17N5O5S2/c1-13(32-20(28)12-33-19-10-23-16-7-2-3-8-17(16)24-19)21(29)26-22-25-18(11-34-22)14-5-4-6-15(9-14)27(30)31/h2-11,13H,12H2,1H3,(H,25,26,29). The van der Waals surface area contributed by atoms with Crippen LogP contribution in [0.4, 0.5) is 10.8 Å². The largest absolute Gasteiger partial charge is 0.452 e. The van der Waals surface area contributed by atoms with Gasteiger partial charge in [-0.15, -0.1) is 11.3 Å². The van der Waals surface area contributed by atoms with Gasteiger partial charge in [0.05, 0.1) is 33.6 Å². The van der Waals surface area contributed by atoms with Gasteiger partial charge in [-0.25, -0.2) is 9.97 Å². The molecular weight excluding hydrogens is 478 g/mol. The minimum Gasteiger partial charge on any atom is -0.452 e. The first-order valence-electron chi connectivity index (χ1n) is 9.94. The van der Waals surface area contributed by atoms with Crippen LogP contribution in [0.1, 0.15) is 6.92 Å². The third kappa shape index (κ3) is 5.71. The summed E-state index contributed by atoms with van der Waals surface area (Å²) in [6, 6.07) is 13.5. The number of carbonyl (C=O) groups is 2. The van der Waals surface area contributed by atoms with E-state index < -0.39 is 22.9 Å². The Morgan fingerprint density at radius 1 is 1.18 bits per heavy atom. The summed E-state index contributed by atoms with van der Waals surface area (Å²) in [5.74, 6) is -1.14. The molecule has 0 bridgehead atoms. The zero-order valence-corrected chi connectivity index (χ0v) is 19.3. The van der Waals surface area contributed by atoms with Gasteiger partial charge < -0.3 is 4.74 Å². The average molecular weight is 496 g/mol. The number of thioether (sulfide) groups is 1. The molecule has 0 aliphatic carbocycles. The number of hydrogen-bond acceptors (Lipinski definition) is 10. The fourth-order valence-electron chi connectivity index (χ4n) is 2.88. The van der Waals surface area contributed by atoms with Crippen LogP contribution in [-0.2, 0) is 14.3 Å². The lowest BCUT2D eigenvalue weighted by molar-refractivity contribution is -0.384. The van der Waals surface area contributed by atoms with Gasteiger partial charge in [-0.2, -0.15) is 0 Å². The number of aromatic nitrogens is 3. The molecule has 2 heterocycles. The van der Waals surface area contributed by atoms with Gasteiger partial charge >= 0.3 is 5.97 Å². The number of nitrogens with zero attached hydrogens (tertiary/aromatic N) is 4. The maximum absolute atomic E-state index is 12.4. The maximum atomic E-state index is 12.4. The number of rotatable bonds is 8. The minimum absolute atomic E-state index is 0.0289. The molecule has 172 valence electrons. The van der Waals surface area contributed by atoms with Crippen LogP contribution in [0, 0.1) is 10.1 Å². The zero-order valence-electron chi connectivity index (χ0n) is 17.7. The van der Waals surface area contributed by atoms with Crippen molar-refractivity contribution in [2.75, 3.05) is 11.1 Å². The second-order valence-electron chi connectivity index (χ2n) is 6.95. The molecule has 1 atom stereocenters. The predicted molar refractivity (Wildman–Crippen MR) is 129 cm³/mol. The fourth-order valence-corrected chi connectivity index (χ4v) is 4.22. The fraction of sp³-hybridized carbons (Fsp3) is 0.136. The number of ether oxygens (including phenoxy) is 1. The van der Waals surface area contributed by atoms with Gasteiger partial charge in [0.25, 0.3) is 11.6 Å². The number of carbonyl (C=O) groups excluding carboxylic acids is 2. The van der Waals surface area contributed by atoms with Crippen LogP contribution in [-0.4, -0.2) is 43.6 Å². The predicted octanol–water partition coefficient (Wildman–Crippen LogP) is 4.32. The number of esters is 1. The Hall–Kier alpha value is -3.90. The molecule has 2 aromatic heterocycles. The number of nitro benzene ring substituents is 1. The number of anilines is 1. The molecule has 0 saturated heterocycles. The number of fused-ring (bicyclic) bond motifs is 1. The van der Waals surface area contributed by atoms with E-state index in [1.807, 2.05) is 24.3 Å². The Labute approximate surface area is 201 Å². The van der Waals surface area contributed by atoms with Crippen LogP contribution in [0.5, 0.6) is 0 Å². The van der Waals surface area contributed by atoms with Gasteiger partial charge in [0, 0.05) is 23.1 Å². The Morgan fingerprint density at radius 3 is 2.76 bits per heavy atom. The topological polar surface area (TPSA) is 137 Å². The number of nitrogens with one attached hydrogen (secondary N) is 1. The summed E-state index contributed by atoms with van der Waals surface area (Å²) in [5.41, 5.74) is 2.47. The summed E-state index contributed by atoms with van der Waals surface area (Å²) < 4.78 is 5.21. The molecule has 2 aromatic carbocycles. The number of non-ortho nitro benzene ring substituents is 1. The van der Waals surface area contributed by atoms with E-state index in [-0.39, 0.29) is 16.6 Å². The maximum Gasteiger partial charge on any atom is 0.317 e. The van der Waals surface area contributed by atoms with Crippen molar-refractivity contribution >= 4 is 56.8 Å². The molecule has 0 radical (unpaired) electrons. The lowest BCUT2D eigenvalue weighted by Crippen LogP contribution is -2.30. The Bertz CT molecular complexity index is 1380. The number of benzene rings is 2. The summed E-state index contributed by atoms with van der Waals surface area (Å²) in [4.78, 5) is 48.1. The second kappa shape index (κ2) is 10.4. The molecule has 4 aromatic rings. The van der Waals surface area contributed by atoms with E-state index >= 15 is 0 Å². The first-order chi connectivity index (χ1) is 16.4. The highest BCUT2D eigenvalue weighted by Crippen LogP contribution is 2.27. The van der Waals surface area contributed by atoms with Gasteiger partial charge in [-0.1, -0.05) is 36.0 Å². The number of nitro groups is 1. The summed E-state index contributed by atoms with van der Waals surface area (Å²) in [7, 11) is 0. The van der Waals surface area contributed by atoms with Crippen LogP contribution in [0.2, 0.25) is 0 Å². The number of thiazole rings is 1. The summed E-state index contributed by atoms with van der Waals surface area (Å²) in [6.07, 6.45) is 0.540. The molecule has 4 rings (SSSR count). The van der Waals surface area contributed by atoms with E-state index in [1.165, 1.54) is 30.8 Å².